The van der Waals surface area contributed by atoms with Gasteiger partial charge in [-0.15, -0.1) is 0 Å². The Bertz CT molecular complexity index is 1090. The average Bonchev–Trinajstić information content (AvgIpc) is 3.22. The second-order valence-corrected chi connectivity index (χ2v) is 7.91. The number of aliphatic hydroxyl groups is 2. The lowest BCUT2D eigenvalue weighted by Gasteiger charge is -2.16. The number of rotatable bonds is 8. The van der Waals surface area contributed by atoms with E-state index in [1.165, 1.54) is 11.1 Å². The summed E-state index contributed by atoms with van der Waals surface area (Å²) in [5.41, 5.74) is 5.30. The maximum Gasteiger partial charge on any atom is 0.255 e. The van der Waals surface area contributed by atoms with Crippen LogP contribution in [0.5, 0.6) is 5.75 Å². The van der Waals surface area contributed by atoms with Crippen LogP contribution in [0.3, 0.4) is 0 Å². The number of pyridine rings is 1. The van der Waals surface area contributed by atoms with Crippen molar-refractivity contribution in [2.45, 2.75) is 38.5 Å². The largest absolute Gasteiger partial charge is 0.497 e. The summed E-state index contributed by atoms with van der Waals surface area (Å²) >= 11 is 0. The van der Waals surface area contributed by atoms with Crippen molar-refractivity contribution in [1.29, 1.82) is 0 Å². The smallest absolute Gasteiger partial charge is 0.255 e. The third-order valence-corrected chi connectivity index (χ3v) is 5.79. The van der Waals surface area contributed by atoms with Crippen LogP contribution in [0.1, 0.15) is 28.7 Å². The van der Waals surface area contributed by atoms with Crippen LogP contribution in [0, 0.1) is 0 Å². The van der Waals surface area contributed by atoms with Gasteiger partial charge < -0.3 is 24.8 Å². The van der Waals surface area contributed by atoms with Gasteiger partial charge in [0, 0.05) is 18.7 Å². The normalized spacial score (nSPS) is 14.1. The third-order valence-electron chi connectivity index (χ3n) is 5.79. The van der Waals surface area contributed by atoms with E-state index in [-0.39, 0.29) is 18.7 Å². The van der Waals surface area contributed by atoms with Crippen LogP contribution in [-0.2, 0) is 25.9 Å². The summed E-state index contributed by atoms with van der Waals surface area (Å²) in [5, 5.41) is 22.7. The maximum atomic E-state index is 13.3. The van der Waals surface area contributed by atoms with Gasteiger partial charge in [0.25, 0.3) is 5.56 Å². The van der Waals surface area contributed by atoms with E-state index in [0.717, 1.165) is 41.5 Å². The lowest BCUT2D eigenvalue weighted by atomic mass is 10.0. The lowest BCUT2D eigenvalue weighted by molar-refractivity contribution is 0.0942. The predicted molar refractivity (Wildman–Crippen MR) is 117 cm³/mol. The molecule has 1 heterocycles. The Morgan fingerprint density at radius 2 is 1.87 bits per heavy atom. The topological polar surface area (TPSA) is 83.7 Å². The van der Waals surface area contributed by atoms with Crippen LogP contribution in [0.25, 0.3) is 10.9 Å². The first kappa shape index (κ1) is 20.6. The monoisotopic (exact) mass is 408 g/mol. The molecule has 3 aromatic rings. The molecule has 30 heavy (non-hydrogen) atoms. The fourth-order valence-corrected chi connectivity index (χ4v) is 4.15. The Hall–Kier alpha value is -2.67. The highest BCUT2D eigenvalue weighted by Crippen LogP contribution is 2.27. The van der Waals surface area contributed by atoms with E-state index >= 15 is 0 Å². The molecule has 1 aromatic heterocycles. The van der Waals surface area contributed by atoms with E-state index in [2.05, 4.69) is 17.4 Å². The quantitative estimate of drug-likeness (QED) is 0.531. The molecule has 0 fully saturated rings. The molecule has 3 N–H and O–H groups in total. The van der Waals surface area contributed by atoms with Crippen LogP contribution in [0.4, 0.5) is 0 Å². The van der Waals surface area contributed by atoms with Crippen molar-refractivity contribution in [2.75, 3.05) is 20.3 Å². The Labute approximate surface area is 175 Å². The van der Waals surface area contributed by atoms with Gasteiger partial charge in [-0.1, -0.05) is 12.1 Å². The number of hydrogen-bond acceptors (Lipinski definition) is 5. The van der Waals surface area contributed by atoms with Gasteiger partial charge >= 0.3 is 0 Å². The summed E-state index contributed by atoms with van der Waals surface area (Å²) in [6.07, 6.45) is 2.46. The molecule has 1 aliphatic carbocycles. The number of hydrogen-bond donors (Lipinski definition) is 3. The Kier molecular flexibility index (Phi) is 6.18. The molecule has 2 aromatic carbocycles. The number of benzene rings is 2. The number of nitrogens with one attached hydrogen (secondary N) is 1. The Morgan fingerprint density at radius 3 is 2.57 bits per heavy atom. The van der Waals surface area contributed by atoms with Crippen LogP contribution >= 0.6 is 0 Å². The van der Waals surface area contributed by atoms with E-state index in [4.69, 9.17) is 9.84 Å². The van der Waals surface area contributed by atoms with Crippen LogP contribution in [0.15, 0.2) is 47.3 Å². The summed E-state index contributed by atoms with van der Waals surface area (Å²) in [6, 6.07) is 14.1. The summed E-state index contributed by atoms with van der Waals surface area (Å²) in [5.74, 6) is 0.786. The van der Waals surface area contributed by atoms with Crippen molar-refractivity contribution in [3.05, 3.63) is 75.1 Å². The third kappa shape index (κ3) is 4.26. The molecule has 1 atom stereocenters. The van der Waals surface area contributed by atoms with E-state index < -0.39 is 6.10 Å². The van der Waals surface area contributed by atoms with Crippen LogP contribution in [0.2, 0.25) is 0 Å². The van der Waals surface area contributed by atoms with E-state index in [1.54, 1.807) is 7.11 Å². The first-order valence-corrected chi connectivity index (χ1v) is 10.4. The fraction of sp³-hybridized carbons (Fsp3) is 0.375. The highest BCUT2D eigenvalue weighted by Gasteiger charge is 2.16. The van der Waals surface area contributed by atoms with Gasteiger partial charge in [0.2, 0.25) is 0 Å². The van der Waals surface area contributed by atoms with Gasteiger partial charge in [0.05, 0.1) is 31.9 Å². The van der Waals surface area contributed by atoms with Crippen molar-refractivity contribution >= 4 is 10.9 Å². The van der Waals surface area contributed by atoms with Gasteiger partial charge in [-0.05, 0) is 71.7 Å². The Balaban J connectivity index is 1.74. The van der Waals surface area contributed by atoms with Gasteiger partial charge in [-0.2, -0.15) is 0 Å². The number of aromatic nitrogens is 1. The number of aryl methyl sites for hydroxylation is 2. The zero-order chi connectivity index (χ0) is 21.1. The molecule has 0 bridgehead atoms. The number of ether oxygens (including phenoxy) is 1. The summed E-state index contributed by atoms with van der Waals surface area (Å²) in [7, 11) is 1.64. The van der Waals surface area contributed by atoms with E-state index in [1.807, 2.05) is 34.9 Å². The SMILES string of the molecule is COc1ccc(Cn2c(=O)c(CNC[C@H](O)CO)cc3cc4c(cc32)CCC4)cc1. The first-order valence-electron chi connectivity index (χ1n) is 10.4. The summed E-state index contributed by atoms with van der Waals surface area (Å²) in [6.45, 7) is 0.742. The highest BCUT2D eigenvalue weighted by atomic mass is 16.5. The molecule has 0 radical (unpaired) electrons. The number of fused-ring (bicyclic) bond motifs is 2. The molecular weight excluding hydrogens is 380 g/mol. The van der Waals surface area contributed by atoms with Crippen LogP contribution in [-0.4, -0.2) is 41.1 Å². The van der Waals surface area contributed by atoms with Gasteiger partial charge in [0.1, 0.15) is 5.75 Å². The van der Waals surface area contributed by atoms with Gasteiger partial charge in [0.15, 0.2) is 0 Å². The summed E-state index contributed by atoms with van der Waals surface area (Å²) < 4.78 is 7.08. The molecule has 0 unspecified atom stereocenters. The van der Waals surface area contributed by atoms with E-state index in [9.17, 15) is 9.90 Å². The molecular formula is C24H28N2O4. The molecule has 0 saturated carbocycles. The van der Waals surface area contributed by atoms with Gasteiger partial charge in [-0.25, -0.2) is 0 Å². The summed E-state index contributed by atoms with van der Waals surface area (Å²) in [4.78, 5) is 13.3. The van der Waals surface area contributed by atoms with Crippen molar-refractivity contribution < 1.29 is 14.9 Å². The highest BCUT2D eigenvalue weighted by molar-refractivity contribution is 5.82. The zero-order valence-corrected chi connectivity index (χ0v) is 17.2. The minimum atomic E-state index is -0.838. The number of aliphatic hydroxyl groups excluding tert-OH is 2. The predicted octanol–water partition coefficient (Wildman–Crippen LogP) is 1.99. The van der Waals surface area contributed by atoms with Crippen molar-refractivity contribution in [2.24, 2.45) is 0 Å². The molecule has 0 spiro atoms. The molecule has 0 aliphatic heterocycles. The molecule has 4 rings (SSSR count). The fourth-order valence-electron chi connectivity index (χ4n) is 4.15. The standard InChI is InChI=1S/C24H28N2O4/c1-30-22-7-5-16(6-8-22)14-26-23-11-18-4-2-3-17(18)9-19(23)10-20(24(26)29)12-25-13-21(28)15-27/h5-11,21,25,27-28H,2-4,12-15H2,1H3/t21-/m0/s1. The Morgan fingerprint density at radius 1 is 1.13 bits per heavy atom. The second-order valence-electron chi connectivity index (χ2n) is 7.91. The molecule has 158 valence electrons. The molecule has 6 nitrogen and oxygen atoms in total. The average molecular weight is 408 g/mol. The number of methoxy groups -OCH3 is 1. The number of nitrogens with zero attached hydrogens (tertiary/aromatic N) is 1. The van der Waals surface area contributed by atoms with E-state index in [0.29, 0.717) is 18.7 Å². The second kappa shape index (κ2) is 9.00. The lowest BCUT2D eigenvalue weighted by Crippen LogP contribution is -2.32. The van der Waals surface area contributed by atoms with Crippen molar-refractivity contribution in [3.63, 3.8) is 0 Å². The minimum absolute atomic E-state index is 0.0396. The molecule has 0 amide bonds. The molecule has 0 saturated heterocycles. The van der Waals surface area contributed by atoms with Crippen LogP contribution < -0.4 is 15.6 Å². The van der Waals surface area contributed by atoms with Gasteiger partial charge in [-0.3, -0.25) is 4.79 Å². The first-order chi connectivity index (χ1) is 14.6. The zero-order valence-electron chi connectivity index (χ0n) is 17.2. The van der Waals surface area contributed by atoms with Crippen molar-refractivity contribution in [3.8, 4) is 5.75 Å². The molecule has 1 aliphatic rings. The maximum absolute atomic E-state index is 13.3. The molecule has 6 heteroatoms. The van der Waals surface area contributed by atoms with Crippen molar-refractivity contribution in [1.82, 2.24) is 9.88 Å². The minimum Gasteiger partial charge on any atom is -0.497 e.